The van der Waals surface area contributed by atoms with Crippen LogP contribution in [0.4, 0.5) is 5.82 Å². The number of benzene rings is 1. The average molecular weight is 336 g/mol. The van der Waals surface area contributed by atoms with Crippen molar-refractivity contribution in [2.75, 3.05) is 18.4 Å². The molecule has 0 aliphatic rings. The second-order valence-corrected chi connectivity index (χ2v) is 6.08. The Labute approximate surface area is 147 Å². The second-order valence-electron chi connectivity index (χ2n) is 6.08. The Morgan fingerprint density at radius 2 is 2.04 bits per heavy atom. The Bertz CT molecular complexity index is 823. The van der Waals surface area contributed by atoms with Gasteiger partial charge in [0.2, 0.25) is 0 Å². The highest BCUT2D eigenvalue weighted by Gasteiger charge is 2.07. The zero-order valence-electron chi connectivity index (χ0n) is 14.5. The summed E-state index contributed by atoms with van der Waals surface area (Å²) in [4.78, 5) is 19.8. The average Bonchev–Trinajstić information content (AvgIpc) is 3.06. The molecule has 0 aliphatic heterocycles. The number of aromatic amines is 1. The highest BCUT2D eigenvalue weighted by Crippen LogP contribution is 2.17. The van der Waals surface area contributed by atoms with Gasteiger partial charge in [-0.1, -0.05) is 31.5 Å². The number of nitrogens with zero attached hydrogens (tertiary/aromatic N) is 1. The van der Waals surface area contributed by atoms with E-state index >= 15 is 0 Å². The molecule has 3 rings (SSSR count). The molecule has 0 saturated heterocycles. The molecular formula is C20H24N4O. The van der Waals surface area contributed by atoms with E-state index < -0.39 is 0 Å². The quantitative estimate of drug-likeness (QED) is 0.549. The minimum atomic E-state index is -0.0903. The molecular weight excluding hydrogens is 312 g/mol. The van der Waals surface area contributed by atoms with Gasteiger partial charge >= 0.3 is 0 Å². The molecule has 0 fully saturated rings. The first kappa shape index (κ1) is 17.0. The van der Waals surface area contributed by atoms with E-state index in [9.17, 15) is 4.79 Å². The fourth-order valence-electron chi connectivity index (χ4n) is 2.78. The lowest BCUT2D eigenvalue weighted by Crippen LogP contribution is -2.25. The van der Waals surface area contributed by atoms with Gasteiger partial charge in [-0.3, -0.25) is 4.79 Å². The minimum absolute atomic E-state index is 0.0903. The van der Waals surface area contributed by atoms with Crippen LogP contribution in [0.1, 0.15) is 35.7 Å². The summed E-state index contributed by atoms with van der Waals surface area (Å²) in [6.45, 7) is 3.65. The van der Waals surface area contributed by atoms with Crippen molar-refractivity contribution in [3.8, 4) is 0 Å². The molecule has 3 aromatic rings. The van der Waals surface area contributed by atoms with Crippen LogP contribution in [0.2, 0.25) is 0 Å². The van der Waals surface area contributed by atoms with E-state index in [4.69, 9.17) is 0 Å². The van der Waals surface area contributed by atoms with E-state index in [1.165, 1.54) is 10.9 Å². The highest BCUT2D eigenvalue weighted by molar-refractivity contribution is 5.94. The molecule has 25 heavy (non-hydrogen) atoms. The number of anilines is 1. The van der Waals surface area contributed by atoms with Gasteiger partial charge in [0.1, 0.15) is 5.82 Å². The van der Waals surface area contributed by atoms with Crippen LogP contribution < -0.4 is 10.6 Å². The summed E-state index contributed by atoms with van der Waals surface area (Å²) in [6.07, 6.45) is 6.67. The van der Waals surface area contributed by atoms with Crippen LogP contribution in [0, 0.1) is 0 Å². The van der Waals surface area contributed by atoms with E-state index in [0.717, 1.165) is 37.1 Å². The smallest absolute Gasteiger partial charge is 0.252 e. The molecule has 5 nitrogen and oxygen atoms in total. The first-order valence-corrected chi connectivity index (χ1v) is 8.81. The van der Waals surface area contributed by atoms with Crippen LogP contribution in [0.25, 0.3) is 10.9 Å². The zero-order chi connectivity index (χ0) is 17.5. The van der Waals surface area contributed by atoms with Gasteiger partial charge in [-0.15, -0.1) is 0 Å². The molecule has 0 spiro atoms. The number of H-pyrrole nitrogens is 1. The lowest BCUT2D eigenvalue weighted by molar-refractivity contribution is 0.0954. The molecule has 5 heteroatoms. The number of aromatic nitrogens is 2. The number of pyridine rings is 1. The molecule has 0 bridgehead atoms. The number of hydrogen-bond donors (Lipinski definition) is 3. The van der Waals surface area contributed by atoms with Crippen molar-refractivity contribution in [3.05, 3.63) is 59.9 Å². The van der Waals surface area contributed by atoms with Crippen molar-refractivity contribution in [3.63, 3.8) is 0 Å². The standard InChI is InChI=1S/C20H24N4O/c1-2-3-11-21-19-9-8-16(14-24-19)20(25)22-12-10-15-13-23-18-7-5-4-6-17(15)18/h4-9,13-14,23H,2-3,10-12H2,1H3,(H,21,24)(H,22,25). The maximum Gasteiger partial charge on any atom is 0.252 e. The van der Waals surface area contributed by atoms with E-state index in [-0.39, 0.29) is 5.91 Å². The number of carbonyl (C=O) groups is 1. The molecule has 3 N–H and O–H groups in total. The molecule has 0 radical (unpaired) electrons. The Kier molecular flexibility index (Phi) is 5.67. The molecule has 2 aromatic heterocycles. The second kappa shape index (κ2) is 8.33. The van der Waals surface area contributed by atoms with Gasteiger partial charge in [0.05, 0.1) is 5.56 Å². The van der Waals surface area contributed by atoms with Crippen molar-refractivity contribution in [2.24, 2.45) is 0 Å². The van der Waals surface area contributed by atoms with Crippen LogP contribution in [-0.2, 0) is 6.42 Å². The maximum absolute atomic E-state index is 12.2. The number of unbranched alkanes of at least 4 members (excludes halogenated alkanes) is 1. The first-order chi connectivity index (χ1) is 12.3. The Balaban J connectivity index is 1.50. The molecule has 130 valence electrons. The highest BCUT2D eigenvalue weighted by atomic mass is 16.1. The number of carbonyl (C=O) groups excluding carboxylic acids is 1. The predicted octanol–water partition coefficient (Wildman–Crippen LogP) is 3.75. The molecule has 0 atom stereocenters. The Morgan fingerprint density at radius 3 is 2.84 bits per heavy atom. The topological polar surface area (TPSA) is 69.8 Å². The van der Waals surface area contributed by atoms with E-state index in [0.29, 0.717) is 12.1 Å². The molecule has 1 amide bonds. The van der Waals surface area contributed by atoms with Gasteiger partial charge in [0.25, 0.3) is 5.91 Å². The zero-order valence-corrected chi connectivity index (χ0v) is 14.5. The van der Waals surface area contributed by atoms with Gasteiger partial charge in [-0.05, 0) is 36.6 Å². The third-order valence-corrected chi connectivity index (χ3v) is 4.22. The maximum atomic E-state index is 12.2. The van der Waals surface area contributed by atoms with E-state index in [1.807, 2.05) is 30.5 Å². The van der Waals surface area contributed by atoms with E-state index in [2.05, 4.69) is 39.7 Å². The SMILES string of the molecule is CCCCNc1ccc(C(=O)NCCc2c[nH]c3ccccc23)cn1. The van der Waals surface area contributed by atoms with Gasteiger partial charge in [-0.2, -0.15) is 0 Å². The fourth-order valence-corrected chi connectivity index (χ4v) is 2.78. The van der Waals surface area contributed by atoms with Crippen LogP contribution in [0.5, 0.6) is 0 Å². The molecule has 1 aromatic carbocycles. The normalized spacial score (nSPS) is 10.8. The van der Waals surface area contributed by atoms with Crippen molar-refractivity contribution < 1.29 is 4.79 Å². The van der Waals surface area contributed by atoms with Gasteiger partial charge in [-0.25, -0.2) is 4.98 Å². The van der Waals surface area contributed by atoms with Gasteiger partial charge in [0, 0.05) is 36.4 Å². The van der Waals surface area contributed by atoms with Gasteiger partial charge < -0.3 is 15.6 Å². The summed E-state index contributed by atoms with van der Waals surface area (Å²) >= 11 is 0. The first-order valence-electron chi connectivity index (χ1n) is 8.81. The molecule has 0 saturated carbocycles. The predicted molar refractivity (Wildman–Crippen MR) is 102 cm³/mol. The summed E-state index contributed by atoms with van der Waals surface area (Å²) < 4.78 is 0. The summed E-state index contributed by atoms with van der Waals surface area (Å²) in [7, 11) is 0. The lowest BCUT2D eigenvalue weighted by atomic mass is 10.1. The summed E-state index contributed by atoms with van der Waals surface area (Å²) in [5.74, 6) is 0.719. The molecule has 0 unspecified atom stereocenters. The number of hydrogen-bond acceptors (Lipinski definition) is 3. The lowest BCUT2D eigenvalue weighted by Gasteiger charge is -2.07. The summed E-state index contributed by atoms with van der Waals surface area (Å²) in [5.41, 5.74) is 2.92. The minimum Gasteiger partial charge on any atom is -0.370 e. The number of nitrogens with one attached hydrogen (secondary N) is 3. The van der Waals surface area contributed by atoms with Crippen LogP contribution in [-0.4, -0.2) is 29.0 Å². The van der Waals surface area contributed by atoms with Crippen molar-refractivity contribution in [1.29, 1.82) is 0 Å². The van der Waals surface area contributed by atoms with Crippen molar-refractivity contribution in [1.82, 2.24) is 15.3 Å². The summed E-state index contributed by atoms with van der Waals surface area (Å²) in [6, 6.07) is 11.8. The largest absolute Gasteiger partial charge is 0.370 e. The summed E-state index contributed by atoms with van der Waals surface area (Å²) in [5, 5.41) is 7.41. The number of fused-ring (bicyclic) bond motifs is 1. The number of amides is 1. The molecule has 0 aliphatic carbocycles. The van der Waals surface area contributed by atoms with Crippen molar-refractivity contribution in [2.45, 2.75) is 26.2 Å². The number of para-hydroxylation sites is 1. The van der Waals surface area contributed by atoms with Crippen LogP contribution >= 0.6 is 0 Å². The van der Waals surface area contributed by atoms with Crippen LogP contribution in [0.15, 0.2) is 48.8 Å². The molecule has 2 heterocycles. The third-order valence-electron chi connectivity index (χ3n) is 4.22. The van der Waals surface area contributed by atoms with Gasteiger partial charge in [0.15, 0.2) is 0 Å². The number of rotatable bonds is 8. The van der Waals surface area contributed by atoms with Crippen molar-refractivity contribution >= 4 is 22.6 Å². The van der Waals surface area contributed by atoms with Crippen LogP contribution in [0.3, 0.4) is 0 Å². The Morgan fingerprint density at radius 1 is 1.16 bits per heavy atom. The third kappa shape index (κ3) is 4.38. The van der Waals surface area contributed by atoms with E-state index in [1.54, 1.807) is 6.20 Å². The monoisotopic (exact) mass is 336 g/mol. The Hall–Kier alpha value is -2.82. The fraction of sp³-hybridized carbons (Fsp3) is 0.300.